The molecule has 3 unspecified atom stereocenters. The molecule has 4 nitrogen and oxygen atoms in total. The van der Waals surface area contributed by atoms with Crippen LogP contribution in [0.4, 0.5) is 0 Å². The van der Waals surface area contributed by atoms with Crippen LogP contribution < -0.4 is 5.32 Å². The number of rotatable bonds is 3. The zero-order valence-electron chi connectivity index (χ0n) is 10.4. The van der Waals surface area contributed by atoms with Crippen molar-refractivity contribution in [3.05, 3.63) is 0 Å². The van der Waals surface area contributed by atoms with Crippen LogP contribution in [0.3, 0.4) is 0 Å². The summed E-state index contributed by atoms with van der Waals surface area (Å²) in [6, 6.07) is 0. The van der Waals surface area contributed by atoms with E-state index >= 15 is 0 Å². The normalized spacial score (nSPS) is 42.2. The third-order valence-corrected chi connectivity index (χ3v) is 5.16. The molecule has 0 amide bonds. The summed E-state index contributed by atoms with van der Waals surface area (Å²) in [5, 5.41) is 14.2. The third-order valence-electron chi connectivity index (χ3n) is 5.16. The number of esters is 1. The summed E-state index contributed by atoms with van der Waals surface area (Å²) in [5.74, 6) is 0.727. The first kappa shape index (κ1) is 11.5. The standard InChI is InChI=1S/C13H21NO3/c1-2-17-11(15)12(7-14-8-12)13(16)6-9-3-4-10(13)5-9/h9-10,14,16H,2-8H2,1H3. The minimum absolute atomic E-state index is 0.200. The molecule has 2 bridgehead atoms. The Kier molecular flexibility index (Phi) is 2.49. The van der Waals surface area contributed by atoms with Gasteiger partial charge in [-0.1, -0.05) is 0 Å². The highest BCUT2D eigenvalue weighted by atomic mass is 16.5. The Bertz CT molecular complexity index is 340. The molecular formula is C13H21NO3. The minimum Gasteiger partial charge on any atom is -0.465 e. The van der Waals surface area contributed by atoms with Gasteiger partial charge >= 0.3 is 5.97 Å². The molecular weight excluding hydrogens is 218 g/mol. The van der Waals surface area contributed by atoms with Crippen LogP contribution in [0.2, 0.25) is 0 Å². The van der Waals surface area contributed by atoms with Gasteiger partial charge in [-0.3, -0.25) is 4.79 Å². The summed E-state index contributed by atoms with van der Waals surface area (Å²) in [6.07, 6.45) is 4.18. The summed E-state index contributed by atoms with van der Waals surface area (Å²) in [4.78, 5) is 12.2. The molecule has 0 radical (unpaired) electrons. The summed E-state index contributed by atoms with van der Waals surface area (Å²) in [6.45, 7) is 3.37. The monoisotopic (exact) mass is 239 g/mol. The molecule has 1 aliphatic heterocycles. The average Bonchev–Trinajstić information content (AvgIpc) is 2.75. The maximum atomic E-state index is 12.2. The first-order valence-electron chi connectivity index (χ1n) is 6.73. The molecule has 17 heavy (non-hydrogen) atoms. The van der Waals surface area contributed by atoms with E-state index in [1.165, 1.54) is 6.42 Å². The molecule has 1 saturated heterocycles. The number of carbonyl (C=O) groups excluding carboxylic acids is 1. The van der Waals surface area contributed by atoms with Crippen molar-refractivity contribution >= 4 is 5.97 Å². The van der Waals surface area contributed by atoms with Gasteiger partial charge in [-0.2, -0.15) is 0 Å². The molecule has 3 aliphatic rings. The lowest BCUT2D eigenvalue weighted by Gasteiger charge is -2.53. The quantitative estimate of drug-likeness (QED) is 0.711. The highest BCUT2D eigenvalue weighted by molar-refractivity contribution is 5.80. The molecule has 96 valence electrons. The largest absolute Gasteiger partial charge is 0.465 e. The van der Waals surface area contributed by atoms with Gasteiger partial charge in [-0.15, -0.1) is 0 Å². The van der Waals surface area contributed by atoms with Crippen LogP contribution in [0.1, 0.15) is 32.6 Å². The van der Waals surface area contributed by atoms with Crippen LogP contribution in [-0.2, 0) is 9.53 Å². The van der Waals surface area contributed by atoms with E-state index in [9.17, 15) is 9.90 Å². The average molecular weight is 239 g/mol. The number of fused-ring (bicyclic) bond motifs is 2. The van der Waals surface area contributed by atoms with E-state index in [0.717, 1.165) is 19.3 Å². The topological polar surface area (TPSA) is 58.6 Å². The molecule has 0 aromatic rings. The first-order valence-corrected chi connectivity index (χ1v) is 6.73. The second-order valence-electron chi connectivity index (χ2n) is 5.91. The molecule has 0 spiro atoms. The third kappa shape index (κ3) is 1.34. The summed E-state index contributed by atoms with van der Waals surface area (Å²) in [5.41, 5.74) is -1.48. The number of ether oxygens (including phenoxy) is 1. The van der Waals surface area contributed by atoms with Crippen molar-refractivity contribution in [2.45, 2.75) is 38.2 Å². The molecule has 4 heteroatoms. The van der Waals surface area contributed by atoms with Gasteiger partial charge in [0, 0.05) is 13.1 Å². The number of nitrogens with one attached hydrogen (secondary N) is 1. The Morgan fingerprint density at radius 3 is 2.65 bits per heavy atom. The molecule has 2 aliphatic carbocycles. The number of carbonyl (C=O) groups is 1. The lowest BCUT2D eigenvalue weighted by Crippen LogP contribution is -2.71. The van der Waals surface area contributed by atoms with Crippen LogP contribution >= 0.6 is 0 Å². The van der Waals surface area contributed by atoms with Gasteiger partial charge in [0.1, 0.15) is 5.41 Å². The predicted octanol–water partition coefficient (Wildman–Crippen LogP) is 0.690. The fourth-order valence-electron chi connectivity index (χ4n) is 4.16. The van der Waals surface area contributed by atoms with Gasteiger partial charge in [0.25, 0.3) is 0 Å². The van der Waals surface area contributed by atoms with Gasteiger partial charge < -0.3 is 15.2 Å². The highest BCUT2D eigenvalue weighted by Gasteiger charge is 2.67. The fourth-order valence-corrected chi connectivity index (χ4v) is 4.16. The summed E-state index contributed by atoms with van der Waals surface area (Å²) >= 11 is 0. The van der Waals surface area contributed by atoms with Crippen molar-refractivity contribution in [1.82, 2.24) is 5.32 Å². The van der Waals surface area contributed by atoms with Crippen molar-refractivity contribution in [2.75, 3.05) is 19.7 Å². The lowest BCUT2D eigenvalue weighted by atomic mass is 9.61. The van der Waals surface area contributed by atoms with Crippen molar-refractivity contribution in [3.8, 4) is 0 Å². The maximum absolute atomic E-state index is 12.2. The predicted molar refractivity (Wildman–Crippen MR) is 62.3 cm³/mol. The smallest absolute Gasteiger partial charge is 0.317 e. The van der Waals surface area contributed by atoms with Crippen LogP contribution in [0.25, 0.3) is 0 Å². The molecule has 3 atom stereocenters. The SMILES string of the molecule is CCOC(=O)C1(C2(O)CC3CCC2C3)CNC1. The molecule has 1 heterocycles. The Labute approximate surface area is 102 Å². The van der Waals surface area contributed by atoms with E-state index in [1.807, 2.05) is 6.92 Å². The number of hydrogen-bond acceptors (Lipinski definition) is 4. The molecule has 3 rings (SSSR count). The van der Waals surface area contributed by atoms with E-state index < -0.39 is 11.0 Å². The Balaban J connectivity index is 1.87. The first-order chi connectivity index (χ1) is 8.12. The fraction of sp³-hybridized carbons (Fsp3) is 0.923. The lowest BCUT2D eigenvalue weighted by molar-refractivity contribution is -0.194. The zero-order valence-corrected chi connectivity index (χ0v) is 10.4. The van der Waals surface area contributed by atoms with E-state index in [1.54, 1.807) is 0 Å². The maximum Gasteiger partial charge on any atom is 0.317 e. The van der Waals surface area contributed by atoms with Crippen molar-refractivity contribution in [3.63, 3.8) is 0 Å². The van der Waals surface area contributed by atoms with Gasteiger partial charge in [0.15, 0.2) is 0 Å². The van der Waals surface area contributed by atoms with E-state index in [-0.39, 0.29) is 5.97 Å². The van der Waals surface area contributed by atoms with Gasteiger partial charge in [-0.05, 0) is 44.4 Å². The van der Waals surface area contributed by atoms with E-state index in [2.05, 4.69) is 5.32 Å². The van der Waals surface area contributed by atoms with Gasteiger partial charge in [0.05, 0.1) is 12.2 Å². The van der Waals surface area contributed by atoms with Gasteiger partial charge in [-0.25, -0.2) is 0 Å². The Hall–Kier alpha value is -0.610. The van der Waals surface area contributed by atoms with Crippen molar-refractivity contribution in [2.24, 2.45) is 17.3 Å². The molecule has 2 N–H and O–H groups in total. The molecule has 3 fully saturated rings. The number of hydrogen-bond donors (Lipinski definition) is 2. The Morgan fingerprint density at radius 1 is 1.47 bits per heavy atom. The highest BCUT2D eigenvalue weighted by Crippen LogP contribution is 2.58. The molecule has 0 aromatic carbocycles. The van der Waals surface area contributed by atoms with E-state index in [4.69, 9.17) is 4.74 Å². The van der Waals surface area contributed by atoms with Crippen molar-refractivity contribution < 1.29 is 14.6 Å². The van der Waals surface area contributed by atoms with E-state index in [0.29, 0.717) is 31.5 Å². The zero-order chi connectivity index (χ0) is 12.1. The van der Waals surface area contributed by atoms with Crippen LogP contribution in [0.5, 0.6) is 0 Å². The minimum atomic E-state index is -0.812. The Morgan fingerprint density at radius 2 is 2.24 bits per heavy atom. The van der Waals surface area contributed by atoms with Crippen LogP contribution in [0, 0.1) is 17.3 Å². The molecule has 2 saturated carbocycles. The van der Waals surface area contributed by atoms with Crippen LogP contribution in [-0.4, -0.2) is 36.4 Å². The van der Waals surface area contributed by atoms with Gasteiger partial charge in [0.2, 0.25) is 0 Å². The summed E-state index contributed by atoms with van der Waals surface area (Å²) in [7, 11) is 0. The van der Waals surface area contributed by atoms with Crippen LogP contribution in [0.15, 0.2) is 0 Å². The summed E-state index contributed by atoms with van der Waals surface area (Å²) < 4.78 is 5.20. The number of aliphatic hydroxyl groups is 1. The second-order valence-corrected chi connectivity index (χ2v) is 5.91. The molecule has 0 aromatic heterocycles. The second kappa shape index (κ2) is 3.69. The van der Waals surface area contributed by atoms with Crippen molar-refractivity contribution in [1.29, 1.82) is 0 Å².